The number of rotatable bonds is 4. The van der Waals surface area contributed by atoms with E-state index < -0.39 is 11.7 Å². The van der Waals surface area contributed by atoms with Gasteiger partial charge in [0.2, 0.25) is 0 Å². The molecule has 1 rings (SSSR count). The van der Waals surface area contributed by atoms with Gasteiger partial charge in [0.15, 0.2) is 0 Å². The Morgan fingerprint density at radius 1 is 1.56 bits per heavy atom. The maximum Gasteiger partial charge on any atom is 0.405 e. The van der Waals surface area contributed by atoms with E-state index in [-0.39, 0.29) is 11.7 Å². The van der Waals surface area contributed by atoms with Gasteiger partial charge in [0.1, 0.15) is 11.4 Å². The van der Waals surface area contributed by atoms with Crippen LogP contribution in [0.25, 0.3) is 0 Å². The van der Waals surface area contributed by atoms with Crippen LogP contribution in [0.1, 0.15) is 38.7 Å². The maximum absolute atomic E-state index is 13.8. The lowest BCUT2D eigenvalue weighted by Gasteiger charge is -2.27. The van der Waals surface area contributed by atoms with Crippen LogP contribution in [-0.4, -0.2) is 11.7 Å². The van der Waals surface area contributed by atoms with Crippen LogP contribution in [0, 0.1) is 5.82 Å². The first-order valence-electron chi connectivity index (χ1n) is 5.64. The molecule has 0 radical (unpaired) electrons. The molecule has 18 heavy (non-hydrogen) atoms. The summed E-state index contributed by atoms with van der Waals surface area (Å²) in [5, 5.41) is 0. The van der Waals surface area contributed by atoms with Crippen molar-refractivity contribution >= 4 is 22.0 Å². The van der Waals surface area contributed by atoms with Crippen molar-refractivity contribution in [1.82, 2.24) is 0 Å². The van der Waals surface area contributed by atoms with Gasteiger partial charge in [-0.3, -0.25) is 0 Å². The summed E-state index contributed by atoms with van der Waals surface area (Å²) >= 11 is 3.21. The number of hydrogen-bond acceptors (Lipinski definition) is 2. The molecule has 0 aliphatic rings. The Hall–Kier alpha value is -1.10. The fraction of sp³-hybridized carbons (Fsp3) is 0.462. The van der Waals surface area contributed by atoms with E-state index in [0.29, 0.717) is 16.5 Å². The highest BCUT2D eigenvalue weighted by Crippen LogP contribution is 2.30. The molecular weight excluding hydrogens is 301 g/mol. The van der Waals surface area contributed by atoms with Crippen molar-refractivity contribution in [3.05, 3.63) is 34.1 Å². The molecule has 2 N–H and O–H groups in total. The fourth-order valence-electron chi connectivity index (χ4n) is 2.06. The zero-order valence-electron chi connectivity index (χ0n) is 10.7. The highest BCUT2D eigenvalue weighted by Gasteiger charge is 2.26. The Labute approximate surface area is 115 Å². The van der Waals surface area contributed by atoms with Gasteiger partial charge in [-0.2, -0.15) is 0 Å². The number of ether oxygens (including phenoxy) is 1. The number of primary amides is 1. The highest BCUT2D eigenvalue weighted by atomic mass is 79.9. The number of carbonyl (C=O) groups excluding carboxylic acids is 1. The average Bonchev–Trinajstić information content (AvgIpc) is 2.13. The van der Waals surface area contributed by atoms with Gasteiger partial charge in [-0.25, -0.2) is 9.18 Å². The van der Waals surface area contributed by atoms with Crippen molar-refractivity contribution in [3.8, 4) is 0 Å². The molecule has 0 saturated carbocycles. The van der Waals surface area contributed by atoms with Crippen molar-refractivity contribution in [1.29, 1.82) is 0 Å². The van der Waals surface area contributed by atoms with E-state index in [4.69, 9.17) is 10.5 Å². The summed E-state index contributed by atoms with van der Waals surface area (Å²) in [7, 11) is 0. The predicted molar refractivity (Wildman–Crippen MR) is 71.9 cm³/mol. The molecule has 1 aromatic rings. The van der Waals surface area contributed by atoms with E-state index in [0.717, 1.165) is 0 Å². The van der Waals surface area contributed by atoms with Crippen molar-refractivity contribution in [2.75, 3.05) is 0 Å². The molecule has 1 amide bonds. The van der Waals surface area contributed by atoms with Crippen LogP contribution >= 0.6 is 15.9 Å². The van der Waals surface area contributed by atoms with E-state index in [9.17, 15) is 9.18 Å². The summed E-state index contributed by atoms with van der Waals surface area (Å²) in [5.41, 5.74) is 4.88. The molecule has 0 saturated heterocycles. The standard InChI is InChI=1S/C13H17BrFNO2/c1-8(7-13(2,3)18-12(16)17)10-5-4-9(14)6-11(10)15/h4-6,8H,7H2,1-3H3,(H2,16,17)/t8-/m1/s1. The summed E-state index contributed by atoms with van der Waals surface area (Å²) in [6.45, 7) is 5.40. The third-order valence-corrected chi connectivity index (χ3v) is 3.16. The summed E-state index contributed by atoms with van der Waals surface area (Å²) in [6, 6.07) is 4.94. The molecule has 5 heteroatoms. The molecular formula is C13H17BrFNO2. The Bertz CT molecular complexity index is 449. The minimum Gasteiger partial charge on any atom is -0.444 e. The molecule has 0 aliphatic carbocycles. The van der Waals surface area contributed by atoms with E-state index >= 15 is 0 Å². The van der Waals surface area contributed by atoms with Crippen LogP contribution in [-0.2, 0) is 4.74 Å². The molecule has 0 spiro atoms. The average molecular weight is 318 g/mol. The molecule has 0 bridgehead atoms. The Balaban J connectivity index is 2.81. The number of halogens is 2. The van der Waals surface area contributed by atoms with Gasteiger partial charge in [0, 0.05) is 4.47 Å². The zero-order valence-corrected chi connectivity index (χ0v) is 12.3. The quantitative estimate of drug-likeness (QED) is 0.913. The third kappa shape index (κ3) is 4.29. The first-order chi connectivity index (χ1) is 8.21. The van der Waals surface area contributed by atoms with Gasteiger partial charge in [0.05, 0.1) is 0 Å². The first kappa shape index (κ1) is 15.0. The zero-order chi connectivity index (χ0) is 13.9. The number of carbonyl (C=O) groups is 1. The van der Waals surface area contributed by atoms with E-state index in [1.54, 1.807) is 26.0 Å². The Kier molecular flexibility index (Phi) is 4.73. The van der Waals surface area contributed by atoms with Crippen LogP contribution < -0.4 is 5.73 Å². The minimum absolute atomic E-state index is 0.0764. The SMILES string of the molecule is C[C@H](CC(C)(C)OC(N)=O)c1ccc(Br)cc1F. The largest absolute Gasteiger partial charge is 0.444 e. The lowest BCUT2D eigenvalue weighted by molar-refractivity contribution is 0.0347. The maximum atomic E-state index is 13.8. The number of benzene rings is 1. The second-order valence-corrected chi connectivity index (χ2v) is 5.87. The van der Waals surface area contributed by atoms with Crippen LogP contribution in [0.3, 0.4) is 0 Å². The van der Waals surface area contributed by atoms with Crippen molar-refractivity contribution < 1.29 is 13.9 Å². The molecule has 0 heterocycles. The first-order valence-corrected chi connectivity index (χ1v) is 6.44. The van der Waals surface area contributed by atoms with Gasteiger partial charge in [-0.05, 0) is 43.9 Å². The van der Waals surface area contributed by atoms with Crippen molar-refractivity contribution in [2.24, 2.45) is 5.73 Å². The normalized spacial score (nSPS) is 13.2. The van der Waals surface area contributed by atoms with Gasteiger partial charge in [0.25, 0.3) is 0 Å². The number of amides is 1. The molecule has 1 atom stereocenters. The number of hydrogen-bond donors (Lipinski definition) is 1. The number of nitrogens with two attached hydrogens (primary N) is 1. The van der Waals surface area contributed by atoms with E-state index in [2.05, 4.69) is 15.9 Å². The fourth-order valence-corrected chi connectivity index (χ4v) is 2.40. The monoisotopic (exact) mass is 317 g/mol. The van der Waals surface area contributed by atoms with Gasteiger partial charge < -0.3 is 10.5 Å². The van der Waals surface area contributed by atoms with Crippen LogP contribution in [0.15, 0.2) is 22.7 Å². The van der Waals surface area contributed by atoms with Crippen LogP contribution in [0.2, 0.25) is 0 Å². The molecule has 100 valence electrons. The van der Waals surface area contributed by atoms with Crippen LogP contribution in [0.5, 0.6) is 0 Å². The molecule has 0 fully saturated rings. The second-order valence-electron chi connectivity index (χ2n) is 4.95. The molecule has 3 nitrogen and oxygen atoms in total. The predicted octanol–water partition coefficient (Wildman–Crippen LogP) is 3.96. The highest BCUT2D eigenvalue weighted by molar-refractivity contribution is 9.10. The topological polar surface area (TPSA) is 52.3 Å². The molecule has 1 aromatic carbocycles. The molecule has 0 aromatic heterocycles. The minimum atomic E-state index is -0.816. The summed E-state index contributed by atoms with van der Waals surface area (Å²) < 4.78 is 19.5. The van der Waals surface area contributed by atoms with Gasteiger partial charge >= 0.3 is 6.09 Å². The Morgan fingerprint density at radius 2 is 2.17 bits per heavy atom. The summed E-state index contributed by atoms with van der Waals surface area (Å²) in [5.74, 6) is -0.348. The third-order valence-electron chi connectivity index (χ3n) is 2.67. The van der Waals surface area contributed by atoms with Gasteiger partial charge in [-0.1, -0.05) is 28.9 Å². The second kappa shape index (κ2) is 5.69. The molecule has 0 unspecified atom stereocenters. The lowest BCUT2D eigenvalue weighted by atomic mass is 9.89. The van der Waals surface area contributed by atoms with Crippen molar-refractivity contribution in [2.45, 2.75) is 38.7 Å². The Morgan fingerprint density at radius 3 is 2.67 bits per heavy atom. The smallest absolute Gasteiger partial charge is 0.405 e. The van der Waals surface area contributed by atoms with E-state index in [1.165, 1.54) is 6.07 Å². The van der Waals surface area contributed by atoms with Crippen molar-refractivity contribution in [3.63, 3.8) is 0 Å². The lowest BCUT2D eigenvalue weighted by Crippen LogP contribution is -2.32. The molecule has 0 aliphatic heterocycles. The van der Waals surface area contributed by atoms with E-state index in [1.807, 2.05) is 6.92 Å². The van der Waals surface area contributed by atoms with Crippen LogP contribution in [0.4, 0.5) is 9.18 Å². The summed E-state index contributed by atoms with van der Waals surface area (Å²) in [4.78, 5) is 10.8. The summed E-state index contributed by atoms with van der Waals surface area (Å²) in [6.07, 6.45) is -0.322. The van der Waals surface area contributed by atoms with Gasteiger partial charge in [-0.15, -0.1) is 0 Å².